The highest BCUT2D eigenvalue weighted by molar-refractivity contribution is 7.15. The van der Waals surface area contributed by atoms with Gasteiger partial charge in [0.25, 0.3) is 0 Å². The van der Waals surface area contributed by atoms with Gasteiger partial charge < -0.3 is 10.2 Å². The maximum absolute atomic E-state index is 4.62. The Bertz CT molecular complexity index is 371. The predicted molar refractivity (Wildman–Crippen MR) is 84.0 cm³/mol. The lowest BCUT2D eigenvalue weighted by Crippen LogP contribution is -2.31. The summed E-state index contributed by atoms with van der Waals surface area (Å²) in [6, 6.07) is 1.31. The molecule has 0 unspecified atom stereocenters. The van der Waals surface area contributed by atoms with Gasteiger partial charge in [0, 0.05) is 36.2 Å². The minimum Gasteiger partial charge on any atom is -0.346 e. The Hall–Kier alpha value is -0.610. The van der Waals surface area contributed by atoms with Gasteiger partial charge in [0.15, 0.2) is 5.13 Å². The lowest BCUT2D eigenvalue weighted by Gasteiger charge is -2.26. The highest BCUT2D eigenvalue weighted by Gasteiger charge is 2.21. The minimum atomic E-state index is 0.534. The van der Waals surface area contributed by atoms with E-state index in [9.17, 15) is 0 Å². The van der Waals surface area contributed by atoms with Crippen molar-refractivity contribution in [1.82, 2.24) is 10.3 Å². The number of hydrogen-bond donors (Lipinski definition) is 1. The number of aromatic nitrogens is 1. The van der Waals surface area contributed by atoms with Gasteiger partial charge in [-0.1, -0.05) is 19.8 Å². The maximum atomic E-state index is 4.62. The van der Waals surface area contributed by atoms with Gasteiger partial charge in [-0.15, -0.1) is 11.3 Å². The molecule has 19 heavy (non-hydrogen) atoms. The number of nitrogens with one attached hydrogen (secondary N) is 1. The Morgan fingerprint density at radius 1 is 1.42 bits per heavy atom. The van der Waals surface area contributed by atoms with Crippen molar-refractivity contribution < 1.29 is 0 Å². The number of unbranched alkanes of at least 4 members (excludes halogenated alkanes) is 2. The van der Waals surface area contributed by atoms with E-state index in [1.165, 1.54) is 42.1 Å². The minimum absolute atomic E-state index is 0.534. The standard InChI is InChI=1S/C15H27N3S/c1-4-5-6-9-18(12(2)3)15-17-11-14(19-15)10-16-13-7-8-13/h11-13,16H,4-10H2,1-3H3. The van der Waals surface area contributed by atoms with E-state index in [1.54, 1.807) is 0 Å². The highest BCUT2D eigenvalue weighted by Crippen LogP contribution is 2.26. The second-order valence-corrected chi connectivity index (χ2v) is 6.85. The van der Waals surface area contributed by atoms with Gasteiger partial charge in [0.05, 0.1) is 0 Å². The number of anilines is 1. The van der Waals surface area contributed by atoms with Gasteiger partial charge in [-0.05, 0) is 33.1 Å². The monoisotopic (exact) mass is 281 g/mol. The van der Waals surface area contributed by atoms with Crippen LogP contribution in [-0.2, 0) is 6.54 Å². The summed E-state index contributed by atoms with van der Waals surface area (Å²) in [4.78, 5) is 8.43. The molecule has 108 valence electrons. The van der Waals surface area contributed by atoms with E-state index in [0.717, 1.165) is 19.1 Å². The fraction of sp³-hybridized carbons (Fsp3) is 0.800. The zero-order chi connectivity index (χ0) is 13.7. The average molecular weight is 281 g/mol. The van der Waals surface area contributed by atoms with Crippen LogP contribution < -0.4 is 10.2 Å². The van der Waals surface area contributed by atoms with Crippen molar-refractivity contribution >= 4 is 16.5 Å². The van der Waals surface area contributed by atoms with Crippen LogP contribution in [0.3, 0.4) is 0 Å². The lowest BCUT2D eigenvalue weighted by molar-refractivity contribution is 0.624. The average Bonchev–Trinajstić information content (AvgIpc) is 3.10. The fourth-order valence-corrected chi connectivity index (χ4v) is 3.17. The van der Waals surface area contributed by atoms with Gasteiger partial charge in [-0.2, -0.15) is 0 Å². The smallest absolute Gasteiger partial charge is 0.185 e. The van der Waals surface area contributed by atoms with E-state index >= 15 is 0 Å². The van der Waals surface area contributed by atoms with Crippen molar-refractivity contribution in [2.24, 2.45) is 0 Å². The molecule has 1 aromatic rings. The molecule has 1 aromatic heterocycles. The molecule has 0 atom stereocenters. The summed E-state index contributed by atoms with van der Waals surface area (Å²) in [5.74, 6) is 0. The third kappa shape index (κ3) is 4.77. The quantitative estimate of drug-likeness (QED) is 0.698. The Morgan fingerprint density at radius 2 is 2.21 bits per heavy atom. The molecular weight excluding hydrogens is 254 g/mol. The topological polar surface area (TPSA) is 28.2 Å². The molecule has 0 aromatic carbocycles. The molecule has 3 nitrogen and oxygen atoms in total. The van der Waals surface area contributed by atoms with E-state index in [1.807, 2.05) is 17.5 Å². The van der Waals surface area contributed by atoms with Crippen molar-refractivity contribution in [3.63, 3.8) is 0 Å². The molecule has 1 saturated carbocycles. The lowest BCUT2D eigenvalue weighted by atomic mass is 10.2. The summed E-state index contributed by atoms with van der Waals surface area (Å²) in [6.07, 6.45) is 8.60. The Kier molecular flexibility index (Phi) is 5.64. The first kappa shape index (κ1) is 14.8. The Morgan fingerprint density at radius 3 is 2.84 bits per heavy atom. The van der Waals surface area contributed by atoms with Gasteiger partial charge in [-0.25, -0.2) is 4.98 Å². The van der Waals surface area contributed by atoms with Crippen molar-refractivity contribution in [3.05, 3.63) is 11.1 Å². The number of rotatable bonds is 9. The molecule has 0 amide bonds. The molecule has 0 aliphatic heterocycles. The van der Waals surface area contributed by atoms with Gasteiger partial charge in [0.2, 0.25) is 0 Å². The zero-order valence-electron chi connectivity index (χ0n) is 12.5. The zero-order valence-corrected chi connectivity index (χ0v) is 13.3. The summed E-state index contributed by atoms with van der Waals surface area (Å²) >= 11 is 1.85. The van der Waals surface area contributed by atoms with Gasteiger partial charge in [-0.3, -0.25) is 0 Å². The predicted octanol–water partition coefficient (Wildman–Crippen LogP) is 3.80. The summed E-state index contributed by atoms with van der Waals surface area (Å²) in [5, 5.41) is 4.75. The van der Waals surface area contributed by atoms with Crippen molar-refractivity contribution in [2.45, 2.75) is 71.5 Å². The Labute approximate surface area is 121 Å². The number of hydrogen-bond acceptors (Lipinski definition) is 4. The van der Waals surface area contributed by atoms with E-state index in [0.29, 0.717) is 6.04 Å². The van der Waals surface area contributed by atoms with E-state index in [-0.39, 0.29) is 0 Å². The first-order valence-corrected chi connectivity index (χ1v) is 8.47. The molecule has 1 aliphatic carbocycles. The molecule has 4 heteroatoms. The summed E-state index contributed by atoms with van der Waals surface area (Å²) in [6.45, 7) is 8.90. The first-order chi connectivity index (χ1) is 9.20. The van der Waals surface area contributed by atoms with Crippen molar-refractivity contribution in [3.8, 4) is 0 Å². The van der Waals surface area contributed by atoms with E-state index < -0.39 is 0 Å². The van der Waals surface area contributed by atoms with Gasteiger partial charge in [0.1, 0.15) is 0 Å². The van der Waals surface area contributed by atoms with Crippen LogP contribution in [0.4, 0.5) is 5.13 Å². The molecule has 1 aliphatic rings. The maximum Gasteiger partial charge on any atom is 0.185 e. The van der Waals surface area contributed by atoms with Crippen LogP contribution in [0.15, 0.2) is 6.20 Å². The van der Waals surface area contributed by atoms with E-state index in [2.05, 4.69) is 36.0 Å². The van der Waals surface area contributed by atoms with Crippen LogP contribution in [0.2, 0.25) is 0 Å². The molecule has 0 saturated heterocycles. The molecule has 2 rings (SSSR count). The van der Waals surface area contributed by atoms with Crippen LogP contribution in [0.25, 0.3) is 0 Å². The molecule has 1 heterocycles. The SMILES string of the molecule is CCCCCN(c1ncc(CNC2CC2)s1)C(C)C. The molecule has 0 radical (unpaired) electrons. The van der Waals surface area contributed by atoms with Crippen molar-refractivity contribution in [2.75, 3.05) is 11.4 Å². The molecule has 0 spiro atoms. The van der Waals surface area contributed by atoms with Gasteiger partial charge >= 0.3 is 0 Å². The van der Waals surface area contributed by atoms with Crippen LogP contribution in [0, 0.1) is 0 Å². The Balaban J connectivity index is 1.88. The molecule has 1 fully saturated rings. The summed E-state index contributed by atoms with van der Waals surface area (Å²) in [5.41, 5.74) is 0. The van der Waals surface area contributed by atoms with Crippen molar-refractivity contribution in [1.29, 1.82) is 0 Å². The number of nitrogens with zero attached hydrogens (tertiary/aromatic N) is 2. The summed E-state index contributed by atoms with van der Waals surface area (Å²) < 4.78 is 0. The van der Waals surface area contributed by atoms with Crippen LogP contribution in [0.1, 0.15) is 57.8 Å². The summed E-state index contributed by atoms with van der Waals surface area (Å²) in [7, 11) is 0. The normalized spacial score (nSPS) is 15.2. The number of thiazole rings is 1. The first-order valence-electron chi connectivity index (χ1n) is 7.65. The third-order valence-corrected chi connectivity index (χ3v) is 4.59. The highest BCUT2D eigenvalue weighted by atomic mass is 32.1. The molecule has 1 N–H and O–H groups in total. The van der Waals surface area contributed by atoms with Crippen LogP contribution in [-0.4, -0.2) is 23.6 Å². The second-order valence-electron chi connectivity index (χ2n) is 5.76. The molecule has 0 bridgehead atoms. The third-order valence-electron chi connectivity index (χ3n) is 3.56. The van der Waals surface area contributed by atoms with E-state index in [4.69, 9.17) is 0 Å². The molecular formula is C15H27N3S. The fourth-order valence-electron chi connectivity index (χ4n) is 2.15. The second kappa shape index (κ2) is 7.25. The van der Waals surface area contributed by atoms with Crippen LogP contribution in [0.5, 0.6) is 0 Å². The van der Waals surface area contributed by atoms with Crippen LogP contribution >= 0.6 is 11.3 Å². The largest absolute Gasteiger partial charge is 0.346 e.